The number of rotatable bonds is 4. The lowest BCUT2D eigenvalue weighted by Crippen LogP contribution is -2.42. The van der Waals surface area contributed by atoms with Gasteiger partial charge < -0.3 is 4.74 Å². The number of esters is 1. The Morgan fingerprint density at radius 3 is 2.76 bits per heavy atom. The van der Waals surface area contributed by atoms with Crippen molar-refractivity contribution in [2.45, 2.75) is 19.9 Å². The maximum absolute atomic E-state index is 12.3. The van der Waals surface area contributed by atoms with Crippen LogP contribution in [-0.2, 0) is 14.3 Å². The third-order valence-corrected chi connectivity index (χ3v) is 5.16. The Kier molecular flexibility index (Phi) is 5.23. The molecule has 1 aliphatic heterocycles. The molecule has 2 heterocycles. The van der Waals surface area contributed by atoms with E-state index >= 15 is 0 Å². The van der Waals surface area contributed by atoms with E-state index in [0.717, 1.165) is 25.3 Å². The lowest BCUT2D eigenvalue weighted by atomic mass is 10.3. The number of halogens is 1. The molecule has 2 rings (SSSR count). The van der Waals surface area contributed by atoms with E-state index in [2.05, 4.69) is 15.9 Å². The van der Waals surface area contributed by atoms with Gasteiger partial charge in [-0.25, -0.2) is 4.79 Å². The average Bonchev–Trinajstić information content (AvgIpc) is 2.94. The van der Waals surface area contributed by atoms with E-state index in [1.807, 2.05) is 12.1 Å². The molecule has 1 fully saturated rings. The normalized spacial score (nSPS) is 18.4. The first-order chi connectivity index (χ1) is 9.93. The zero-order valence-electron chi connectivity index (χ0n) is 11.3. The van der Waals surface area contributed by atoms with Crippen molar-refractivity contribution in [3.8, 4) is 0 Å². The SMILES string of the molecule is CCOC(=O)[C@H](C)N1C(=O)S/C(=C\c2ccc(Br)s2)C1=O. The summed E-state index contributed by atoms with van der Waals surface area (Å²) >= 11 is 5.63. The first-order valence-corrected chi connectivity index (χ1v) is 8.55. The van der Waals surface area contributed by atoms with Crippen LogP contribution in [0.2, 0.25) is 0 Å². The van der Waals surface area contributed by atoms with Crippen molar-refractivity contribution >= 4 is 62.2 Å². The minimum atomic E-state index is -0.918. The van der Waals surface area contributed by atoms with Crippen LogP contribution in [0.3, 0.4) is 0 Å². The van der Waals surface area contributed by atoms with Crippen LogP contribution in [0.25, 0.3) is 6.08 Å². The van der Waals surface area contributed by atoms with Crippen molar-refractivity contribution in [3.05, 3.63) is 25.7 Å². The van der Waals surface area contributed by atoms with E-state index in [1.54, 1.807) is 13.0 Å². The van der Waals surface area contributed by atoms with Gasteiger partial charge in [0.2, 0.25) is 0 Å². The number of thiophene rings is 1. The lowest BCUT2D eigenvalue weighted by Gasteiger charge is -2.19. The lowest BCUT2D eigenvalue weighted by molar-refractivity contribution is -0.150. The second kappa shape index (κ2) is 6.76. The third kappa shape index (κ3) is 3.56. The zero-order chi connectivity index (χ0) is 15.6. The average molecular weight is 390 g/mol. The molecule has 1 aliphatic rings. The van der Waals surface area contributed by atoms with Gasteiger partial charge >= 0.3 is 5.97 Å². The number of ether oxygens (including phenoxy) is 1. The van der Waals surface area contributed by atoms with Crippen molar-refractivity contribution in [3.63, 3.8) is 0 Å². The highest BCUT2D eigenvalue weighted by atomic mass is 79.9. The van der Waals surface area contributed by atoms with Crippen LogP contribution >= 0.6 is 39.0 Å². The van der Waals surface area contributed by atoms with Crippen molar-refractivity contribution in [1.29, 1.82) is 0 Å². The van der Waals surface area contributed by atoms with Gasteiger partial charge in [0.15, 0.2) is 0 Å². The van der Waals surface area contributed by atoms with E-state index < -0.39 is 23.2 Å². The smallest absolute Gasteiger partial charge is 0.329 e. The Balaban J connectivity index is 2.20. The van der Waals surface area contributed by atoms with Gasteiger partial charge in [-0.3, -0.25) is 14.5 Å². The molecule has 0 N–H and O–H groups in total. The molecule has 1 atom stereocenters. The van der Waals surface area contributed by atoms with Gasteiger partial charge in [-0.15, -0.1) is 11.3 Å². The van der Waals surface area contributed by atoms with Crippen LogP contribution in [0.1, 0.15) is 18.7 Å². The van der Waals surface area contributed by atoms with Gasteiger partial charge in [-0.05, 0) is 59.7 Å². The fraction of sp³-hybridized carbons (Fsp3) is 0.308. The summed E-state index contributed by atoms with van der Waals surface area (Å²) < 4.78 is 5.79. The molecule has 0 aliphatic carbocycles. The molecule has 1 saturated heterocycles. The molecular formula is C13H12BrNO4S2. The minimum Gasteiger partial charge on any atom is -0.464 e. The van der Waals surface area contributed by atoms with E-state index in [1.165, 1.54) is 18.3 Å². The largest absolute Gasteiger partial charge is 0.464 e. The van der Waals surface area contributed by atoms with Gasteiger partial charge in [0.1, 0.15) is 6.04 Å². The second-order valence-corrected chi connectivity index (χ2v) is 7.61. The fourth-order valence-corrected chi connectivity index (χ4v) is 4.06. The number of nitrogens with zero attached hydrogens (tertiary/aromatic N) is 1. The minimum absolute atomic E-state index is 0.207. The summed E-state index contributed by atoms with van der Waals surface area (Å²) in [5.41, 5.74) is 0. The highest BCUT2D eigenvalue weighted by Gasteiger charge is 2.41. The molecule has 0 saturated carbocycles. The molecule has 21 heavy (non-hydrogen) atoms. The van der Waals surface area contributed by atoms with Crippen molar-refractivity contribution in [1.82, 2.24) is 4.90 Å². The highest BCUT2D eigenvalue weighted by molar-refractivity contribution is 9.11. The van der Waals surface area contributed by atoms with Crippen molar-refractivity contribution in [2.75, 3.05) is 6.61 Å². The summed E-state index contributed by atoms with van der Waals surface area (Å²) in [5.74, 6) is -1.05. The van der Waals surface area contributed by atoms with Crippen LogP contribution in [-0.4, -0.2) is 34.7 Å². The first kappa shape index (κ1) is 16.3. The molecule has 8 heteroatoms. The Morgan fingerprint density at radius 1 is 1.48 bits per heavy atom. The van der Waals surface area contributed by atoms with Crippen LogP contribution in [0.4, 0.5) is 4.79 Å². The number of carbonyl (C=O) groups excluding carboxylic acids is 3. The molecule has 0 unspecified atom stereocenters. The van der Waals surface area contributed by atoms with Crippen molar-refractivity contribution < 1.29 is 19.1 Å². The molecule has 2 amide bonds. The quantitative estimate of drug-likeness (QED) is 0.582. The summed E-state index contributed by atoms with van der Waals surface area (Å²) in [6.45, 7) is 3.37. The number of hydrogen-bond donors (Lipinski definition) is 0. The number of thioether (sulfide) groups is 1. The fourth-order valence-electron chi connectivity index (χ4n) is 1.72. The molecular weight excluding hydrogens is 378 g/mol. The van der Waals surface area contributed by atoms with Crippen LogP contribution in [0.15, 0.2) is 20.8 Å². The maximum Gasteiger partial charge on any atom is 0.329 e. The number of carbonyl (C=O) groups is 3. The van der Waals surface area contributed by atoms with E-state index in [-0.39, 0.29) is 6.61 Å². The Morgan fingerprint density at radius 2 is 2.19 bits per heavy atom. The first-order valence-electron chi connectivity index (χ1n) is 6.13. The van der Waals surface area contributed by atoms with Gasteiger partial charge in [0.05, 0.1) is 15.3 Å². The highest BCUT2D eigenvalue weighted by Crippen LogP contribution is 2.35. The molecule has 1 aromatic heterocycles. The predicted octanol–water partition coefficient (Wildman–Crippen LogP) is 3.50. The topological polar surface area (TPSA) is 63.7 Å². The monoisotopic (exact) mass is 389 g/mol. The zero-order valence-corrected chi connectivity index (χ0v) is 14.5. The third-order valence-electron chi connectivity index (χ3n) is 2.71. The summed E-state index contributed by atoms with van der Waals surface area (Å²) in [6, 6.07) is 2.79. The van der Waals surface area contributed by atoms with E-state index in [0.29, 0.717) is 4.91 Å². The number of hydrogen-bond acceptors (Lipinski definition) is 6. The molecule has 112 valence electrons. The standard InChI is InChI=1S/C13H12BrNO4S2/c1-3-19-12(17)7(2)15-11(16)9(21-13(15)18)6-8-4-5-10(14)20-8/h4-7H,3H2,1-2H3/b9-6-/t7-/m0/s1. The van der Waals surface area contributed by atoms with Gasteiger partial charge in [-0.1, -0.05) is 0 Å². The molecule has 0 spiro atoms. The Hall–Kier alpha value is -1.12. The van der Waals surface area contributed by atoms with Crippen molar-refractivity contribution in [2.24, 2.45) is 0 Å². The predicted molar refractivity (Wildman–Crippen MR) is 85.9 cm³/mol. The Bertz CT molecular complexity index is 625. The van der Waals surface area contributed by atoms with Crippen LogP contribution < -0.4 is 0 Å². The van der Waals surface area contributed by atoms with Gasteiger partial charge in [0, 0.05) is 4.88 Å². The molecule has 0 bridgehead atoms. The Labute approximate surface area is 138 Å². The summed E-state index contributed by atoms with van der Waals surface area (Å²) in [6.07, 6.45) is 1.65. The molecule has 0 radical (unpaired) electrons. The number of amides is 2. The van der Waals surface area contributed by atoms with E-state index in [9.17, 15) is 14.4 Å². The van der Waals surface area contributed by atoms with Gasteiger partial charge in [0.25, 0.3) is 11.1 Å². The second-order valence-electron chi connectivity index (χ2n) is 4.12. The van der Waals surface area contributed by atoms with Crippen LogP contribution in [0.5, 0.6) is 0 Å². The molecule has 5 nitrogen and oxygen atoms in total. The maximum atomic E-state index is 12.3. The molecule has 1 aromatic rings. The summed E-state index contributed by atoms with van der Waals surface area (Å²) in [4.78, 5) is 38.0. The molecule has 0 aromatic carbocycles. The summed E-state index contributed by atoms with van der Waals surface area (Å²) in [7, 11) is 0. The summed E-state index contributed by atoms with van der Waals surface area (Å²) in [5, 5.41) is -0.456. The van der Waals surface area contributed by atoms with Crippen LogP contribution in [0, 0.1) is 0 Å². The number of imide groups is 1. The van der Waals surface area contributed by atoms with Gasteiger partial charge in [-0.2, -0.15) is 0 Å². The van der Waals surface area contributed by atoms with E-state index in [4.69, 9.17) is 4.74 Å².